The first-order valence-corrected chi connectivity index (χ1v) is 10.5. The van der Waals surface area contributed by atoms with Crippen LogP contribution in [0.5, 0.6) is 5.75 Å². The molecule has 8 nitrogen and oxygen atoms in total. The first kappa shape index (κ1) is 22.5. The number of amides is 1. The Kier molecular flexibility index (Phi) is 6.78. The van der Waals surface area contributed by atoms with E-state index < -0.39 is 24.0 Å². The number of hydrogen-bond acceptors (Lipinski definition) is 5. The zero-order valence-electron chi connectivity index (χ0n) is 18.0. The molecule has 0 bridgehead atoms. The van der Waals surface area contributed by atoms with Gasteiger partial charge in [0, 0.05) is 11.1 Å². The number of carboxylic acid groups (broad SMARTS) is 1. The second-order valence-corrected chi connectivity index (χ2v) is 7.40. The van der Waals surface area contributed by atoms with Gasteiger partial charge in [0.05, 0.1) is 6.20 Å². The van der Waals surface area contributed by atoms with Crippen LogP contribution in [0, 0.1) is 0 Å². The first-order chi connectivity index (χ1) is 16.5. The molecule has 0 unspecified atom stereocenters. The molecule has 1 aromatic heterocycles. The van der Waals surface area contributed by atoms with Crippen molar-refractivity contribution in [1.29, 1.82) is 0 Å². The van der Waals surface area contributed by atoms with E-state index in [1.807, 2.05) is 30.3 Å². The summed E-state index contributed by atoms with van der Waals surface area (Å²) in [4.78, 5) is 41.2. The molecular weight excluding hydrogens is 434 g/mol. The summed E-state index contributed by atoms with van der Waals surface area (Å²) in [5.74, 6) is -0.917. The summed E-state index contributed by atoms with van der Waals surface area (Å²) in [7, 11) is 0. The lowest BCUT2D eigenvalue weighted by Gasteiger charge is -2.13. The molecule has 8 heteroatoms. The maximum atomic E-state index is 13.0. The van der Waals surface area contributed by atoms with E-state index in [0.717, 1.165) is 10.1 Å². The van der Waals surface area contributed by atoms with Gasteiger partial charge in [0.2, 0.25) is 0 Å². The molecule has 0 radical (unpaired) electrons. The fourth-order valence-corrected chi connectivity index (χ4v) is 3.32. The maximum Gasteiger partial charge on any atom is 0.323 e. The van der Waals surface area contributed by atoms with Gasteiger partial charge in [0.1, 0.15) is 30.4 Å². The van der Waals surface area contributed by atoms with Gasteiger partial charge in [-0.05, 0) is 42.0 Å². The van der Waals surface area contributed by atoms with Crippen molar-refractivity contribution in [3.63, 3.8) is 0 Å². The van der Waals surface area contributed by atoms with Crippen LogP contribution in [-0.4, -0.2) is 26.5 Å². The molecule has 0 fully saturated rings. The average molecular weight is 455 g/mol. The van der Waals surface area contributed by atoms with Crippen LogP contribution in [0.2, 0.25) is 0 Å². The van der Waals surface area contributed by atoms with Crippen molar-refractivity contribution >= 4 is 17.6 Å². The lowest BCUT2D eigenvalue weighted by molar-refractivity contribution is -0.137. The maximum absolute atomic E-state index is 13.0. The molecule has 0 saturated heterocycles. The summed E-state index contributed by atoms with van der Waals surface area (Å²) < 4.78 is 6.79. The van der Waals surface area contributed by atoms with E-state index in [9.17, 15) is 19.5 Å². The van der Waals surface area contributed by atoms with Gasteiger partial charge in [-0.3, -0.25) is 19.0 Å². The van der Waals surface area contributed by atoms with E-state index in [0.29, 0.717) is 23.5 Å². The fourth-order valence-electron chi connectivity index (χ4n) is 3.32. The van der Waals surface area contributed by atoms with Crippen LogP contribution in [0.25, 0.3) is 11.4 Å². The number of rotatable bonds is 8. The molecule has 0 aliphatic carbocycles. The van der Waals surface area contributed by atoms with E-state index in [-0.39, 0.29) is 11.5 Å². The number of ether oxygens (including phenoxy) is 1. The van der Waals surface area contributed by atoms with Gasteiger partial charge < -0.3 is 15.2 Å². The second kappa shape index (κ2) is 10.3. The molecule has 0 saturated carbocycles. The smallest absolute Gasteiger partial charge is 0.323 e. The van der Waals surface area contributed by atoms with Crippen molar-refractivity contribution in [2.75, 3.05) is 5.32 Å². The molecule has 0 aliphatic heterocycles. The number of anilines is 1. The Balaban J connectivity index is 1.58. The van der Waals surface area contributed by atoms with Gasteiger partial charge in [0.25, 0.3) is 11.5 Å². The predicted octanol–water partition coefficient (Wildman–Crippen LogP) is 3.83. The Morgan fingerprint density at radius 1 is 0.912 bits per heavy atom. The summed E-state index contributed by atoms with van der Waals surface area (Å²) in [6.45, 7) is -0.208. The van der Waals surface area contributed by atoms with Gasteiger partial charge in [0.15, 0.2) is 0 Å². The SMILES string of the molecule is O=C(O)Cn1c(-c2ccc(OCc3ccccc3)cc2)ncc(NC(=O)c2ccccc2)c1=O. The minimum atomic E-state index is -1.21. The Labute approximate surface area is 195 Å². The highest BCUT2D eigenvalue weighted by atomic mass is 16.5. The van der Waals surface area contributed by atoms with Crippen LogP contribution in [0.3, 0.4) is 0 Å². The quantitative estimate of drug-likeness (QED) is 0.418. The minimum absolute atomic E-state index is 0.110. The zero-order chi connectivity index (χ0) is 23.9. The van der Waals surface area contributed by atoms with Crippen LogP contribution in [0.4, 0.5) is 5.69 Å². The minimum Gasteiger partial charge on any atom is -0.489 e. The molecule has 0 spiro atoms. The van der Waals surface area contributed by atoms with E-state index in [1.165, 1.54) is 6.20 Å². The van der Waals surface area contributed by atoms with E-state index >= 15 is 0 Å². The number of nitrogens with one attached hydrogen (secondary N) is 1. The number of nitrogens with zero attached hydrogens (tertiary/aromatic N) is 2. The van der Waals surface area contributed by atoms with Crippen LogP contribution in [-0.2, 0) is 17.9 Å². The molecule has 1 heterocycles. The van der Waals surface area contributed by atoms with Gasteiger partial charge in [-0.1, -0.05) is 48.5 Å². The fraction of sp³-hybridized carbons (Fsp3) is 0.0769. The van der Waals surface area contributed by atoms with Crippen LogP contribution >= 0.6 is 0 Å². The molecule has 3 aromatic carbocycles. The summed E-state index contributed by atoms with van der Waals surface area (Å²) >= 11 is 0. The lowest BCUT2D eigenvalue weighted by atomic mass is 10.2. The number of benzene rings is 3. The molecular formula is C26H21N3O5. The third-order valence-electron chi connectivity index (χ3n) is 4.99. The number of hydrogen-bond donors (Lipinski definition) is 2. The number of carbonyl (C=O) groups excluding carboxylic acids is 1. The van der Waals surface area contributed by atoms with Crippen LogP contribution in [0.15, 0.2) is 95.9 Å². The molecule has 0 atom stereocenters. The lowest BCUT2D eigenvalue weighted by Crippen LogP contribution is -2.30. The van der Waals surface area contributed by atoms with E-state index in [2.05, 4.69) is 10.3 Å². The van der Waals surface area contributed by atoms with Gasteiger partial charge in [-0.15, -0.1) is 0 Å². The molecule has 4 aromatic rings. The topological polar surface area (TPSA) is 111 Å². The standard InChI is InChI=1S/C26H21N3O5/c30-23(31)16-29-24(19-11-13-21(14-12-19)34-17-18-7-3-1-4-8-18)27-15-22(26(29)33)28-25(32)20-9-5-2-6-10-20/h1-15H,16-17H2,(H,28,32)(H,30,31). The normalized spacial score (nSPS) is 10.5. The van der Waals surface area contributed by atoms with Crippen molar-refractivity contribution in [1.82, 2.24) is 9.55 Å². The van der Waals surface area contributed by atoms with Crippen molar-refractivity contribution in [2.45, 2.75) is 13.2 Å². The largest absolute Gasteiger partial charge is 0.489 e. The van der Waals surface area contributed by atoms with Crippen LogP contribution < -0.4 is 15.6 Å². The predicted molar refractivity (Wildman–Crippen MR) is 127 cm³/mol. The highest BCUT2D eigenvalue weighted by Crippen LogP contribution is 2.21. The Hall–Kier alpha value is -4.72. The number of carbonyl (C=O) groups is 2. The molecule has 170 valence electrons. The third kappa shape index (κ3) is 5.36. The third-order valence-corrected chi connectivity index (χ3v) is 4.99. The highest BCUT2D eigenvalue weighted by molar-refractivity contribution is 6.04. The summed E-state index contributed by atoms with van der Waals surface area (Å²) in [6.07, 6.45) is 1.23. The summed E-state index contributed by atoms with van der Waals surface area (Å²) in [5.41, 5.74) is 1.15. The Morgan fingerprint density at radius 3 is 2.21 bits per heavy atom. The Morgan fingerprint density at radius 2 is 1.56 bits per heavy atom. The molecule has 34 heavy (non-hydrogen) atoms. The monoisotopic (exact) mass is 455 g/mol. The van der Waals surface area contributed by atoms with Crippen LogP contribution in [0.1, 0.15) is 15.9 Å². The molecule has 4 rings (SSSR count). The summed E-state index contributed by atoms with van der Waals surface area (Å²) in [6, 6.07) is 24.9. The molecule has 0 aliphatic rings. The molecule has 1 amide bonds. The van der Waals surface area contributed by atoms with E-state index in [4.69, 9.17) is 4.74 Å². The van der Waals surface area contributed by atoms with Crippen molar-refractivity contribution in [3.8, 4) is 17.1 Å². The number of carboxylic acids is 1. The highest BCUT2D eigenvalue weighted by Gasteiger charge is 2.17. The average Bonchev–Trinajstić information content (AvgIpc) is 2.86. The van der Waals surface area contributed by atoms with E-state index in [1.54, 1.807) is 54.6 Å². The van der Waals surface area contributed by atoms with Crippen molar-refractivity contribution in [2.24, 2.45) is 0 Å². The van der Waals surface area contributed by atoms with Crippen molar-refractivity contribution < 1.29 is 19.4 Å². The van der Waals surface area contributed by atoms with Gasteiger partial charge in [-0.25, -0.2) is 4.98 Å². The zero-order valence-corrected chi connectivity index (χ0v) is 18.0. The number of aliphatic carboxylic acids is 1. The van der Waals surface area contributed by atoms with Gasteiger partial charge in [-0.2, -0.15) is 0 Å². The first-order valence-electron chi connectivity index (χ1n) is 10.5. The molecule has 2 N–H and O–H groups in total. The van der Waals surface area contributed by atoms with Gasteiger partial charge >= 0.3 is 5.97 Å². The number of aromatic nitrogens is 2. The Bertz CT molecular complexity index is 1350. The van der Waals surface area contributed by atoms with Crippen molar-refractivity contribution in [3.05, 3.63) is 113 Å². The summed E-state index contributed by atoms with van der Waals surface area (Å²) in [5, 5.41) is 11.9. The second-order valence-electron chi connectivity index (χ2n) is 7.40.